The molecule has 0 aliphatic rings. The number of amides is 2. The van der Waals surface area contributed by atoms with Crippen LogP contribution in [0, 0.1) is 6.92 Å². The van der Waals surface area contributed by atoms with Gasteiger partial charge >= 0.3 is 6.18 Å². The van der Waals surface area contributed by atoms with Crippen LogP contribution in [0.15, 0.2) is 54.9 Å². The van der Waals surface area contributed by atoms with Crippen LogP contribution in [0.3, 0.4) is 0 Å². The molecule has 2 amide bonds. The first-order valence-electron chi connectivity index (χ1n) is 8.01. The Bertz CT molecular complexity index is 998. The zero-order valence-electron chi connectivity index (χ0n) is 14.5. The van der Waals surface area contributed by atoms with Crippen LogP contribution in [0.5, 0.6) is 0 Å². The molecule has 2 aromatic heterocycles. The topological polar surface area (TPSA) is 88.9 Å². The summed E-state index contributed by atoms with van der Waals surface area (Å²) >= 11 is 0. The fraction of sp³-hybridized carbons (Fsp3) is 0.111. The standard InChI is InChI=1S/C18H14F3N5O2/c1-11-14(17(28)25-24-16(27)12-5-3-2-4-6-12)10-23-26(11)15-8-7-13(9-22-15)18(19,20)21/h2-10H,1H3,(H,24,27)(H,25,28). The molecule has 0 bridgehead atoms. The first-order chi connectivity index (χ1) is 13.3. The smallest absolute Gasteiger partial charge is 0.267 e. The summed E-state index contributed by atoms with van der Waals surface area (Å²) in [7, 11) is 0. The van der Waals surface area contributed by atoms with Crippen LogP contribution in [0.25, 0.3) is 5.82 Å². The van der Waals surface area contributed by atoms with Gasteiger partial charge in [-0.1, -0.05) is 18.2 Å². The highest BCUT2D eigenvalue weighted by molar-refractivity contribution is 5.99. The molecular formula is C18H14F3N5O2. The van der Waals surface area contributed by atoms with Gasteiger partial charge in [0.05, 0.1) is 23.0 Å². The minimum absolute atomic E-state index is 0.123. The molecular weight excluding hydrogens is 375 g/mol. The number of nitrogens with one attached hydrogen (secondary N) is 2. The Morgan fingerprint density at radius 1 is 0.964 bits per heavy atom. The zero-order chi connectivity index (χ0) is 20.3. The predicted octanol–water partition coefficient (Wildman–Crippen LogP) is 2.67. The van der Waals surface area contributed by atoms with E-state index < -0.39 is 23.6 Å². The van der Waals surface area contributed by atoms with E-state index in [1.54, 1.807) is 37.3 Å². The number of halogens is 3. The Labute approximate surface area is 157 Å². The van der Waals surface area contributed by atoms with E-state index in [9.17, 15) is 22.8 Å². The minimum atomic E-state index is -4.49. The second kappa shape index (κ2) is 7.51. The second-order valence-electron chi connectivity index (χ2n) is 5.73. The highest BCUT2D eigenvalue weighted by atomic mass is 19.4. The molecule has 3 aromatic rings. The minimum Gasteiger partial charge on any atom is -0.267 e. The number of hydrogen-bond acceptors (Lipinski definition) is 4. The molecule has 7 nitrogen and oxygen atoms in total. The van der Waals surface area contributed by atoms with Crippen molar-refractivity contribution in [1.82, 2.24) is 25.6 Å². The molecule has 2 N–H and O–H groups in total. The lowest BCUT2D eigenvalue weighted by Gasteiger charge is -2.09. The molecule has 2 heterocycles. The van der Waals surface area contributed by atoms with Crippen molar-refractivity contribution < 1.29 is 22.8 Å². The SMILES string of the molecule is Cc1c(C(=O)NNC(=O)c2ccccc2)cnn1-c1ccc(C(F)(F)F)cn1. The number of alkyl halides is 3. The molecule has 0 radical (unpaired) electrons. The third kappa shape index (κ3) is 4.00. The number of nitrogens with zero attached hydrogens (tertiary/aromatic N) is 3. The Balaban J connectivity index is 1.72. The van der Waals surface area contributed by atoms with Gasteiger partial charge in [0.2, 0.25) is 0 Å². The molecule has 0 atom stereocenters. The fourth-order valence-corrected chi connectivity index (χ4v) is 2.39. The normalized spacial score (nSPS) is 11.1. The third-order valence-electron chi connectivity index (χ3n) is 3.87. The van der Waals surface area contributed by atoms with Crippen LogP contribution in [-0.2, 0) is 6.18 Å². The number of pyridine rings is 1. The number of carbonyl (C=O) groups excluding carboxylic acids is 2. The molecule has 0 unspecified atom stereocenters. The van der Waals surface area contributed by atoms with Gasteiger partial charge in [-0.2, -0.15) is 18.3 Å². The largest absolute Gasteiger partial charge is 0.417 e. The Morgan fingerprint density at radius 3 is 2.25 bits per heavy atom. The van der Waals surface area contributed by atoms with Crippen molar-refractivity contribution in [3.63, 3.8) is 0 Å². The van der Waals surface area contributed by atoms with E-state index in [1.165, 1.54) is 10.9 Å². The molecule has 0 aliphatic heterocycles. The van der Waals surface area contributed by atoms with E-state index in [-0.39, 0.29) is 11.4 Å². The molecule has 0 saturated heterocycles. The number of benzene rings is 1. The number of carbonyl (C=O) groups is 2. The summed E-state index contributed by atoms with van der Waals surface area (Å²) < 4.78 is 39.1. The first-order valence-corrected chi connectivity index (χ1v) is 8.01. The van der Waals surface area contributed by atoms with E-state index in [0.717, 1.165) is 12.1 Å². The number of rotatable bonds is 3. The van der Waals surface area contributed by atoms with Crippen molar-refractivity contribution in [2.24, 2.45) is 0 Å². The summed E-state index contributed by atoms with van der Waals surface area (Å²) in [6.07, 6.45) is -2.57. The van der Waals surface area contributed by atoms with Crippen molar-refractivity contribution in [2.45, 2.75) is 13.1 Å². The van der Waals surface area contributed by atoms with E-state index in [2.05, 4.69) is 20.9 Å². The summed E-state index contributed by atoms with van der Waals surface area (Å²) in [6, 6.07) is 10.3. The molecule has 1 aromatic carbocycles. The van der Waals surface area contributed by atoms with Crippen LogP contribution < -0.4 is 10.9 Å². The highest BCUT2D eigenvalue weighted by Gasteiger charge is 2.30. The maximum Gasteiger partial charge on any atom is 0.417 e. The van der Waals surface area contributed by atoms with Crippen molar-refractivity contribution in [2.75, 3.05) is 0 Å². The van der Waals surface area contributed by atoms with E-state index in [0.29, 0.717) is 17.5 Å². The van der Waals surface area contributed by atoms with Crippen molar-refractivity contribution in [3.8, 4) is 5.82 Å². The zero-order valence-corrected chi connectivity index (χ0v) is 14.5. The number of hydrazine groups is 1. The van der Waals surface area contributed by atoms with Crippen molar-refractivity contribution in [3.05, 3.63) is 77.2 Å². The monoisotopic (exact) mass is 389 g/mol. The third-order valence-corrected chi connectivity index (χ3v) is 3.87. The van der Waals surface area contributed by atoms with Crippen molar-refractivity contribution >= 4 is 11.8 Å². The molecule has 0 fully saturated rings. The average Bonchev–Trinajstić information content (AvgIpc) is 3.07. The molecule has 10 heteroatoms. The summed E-state index contributed by atoms with van der Waals surface area (Å²) in [5, 5.41) is 3.98. The maximum atomic E-state index is 12.6. The first kappa shape index (κ1) is 19.1. The summed E-state index contributed by atoms with van der Waals surface area (Å²) in [5.41, 5.74) is 4.51. The van der Waals surface area contributed by atoms with Crippen LogP contribution in [0.4, 0.5) is 13.2 Å². The van der Waals surface area contributed by atoms with Gasteiger partial charge < -0.3 is 0 Å². The summed E-state index contributed by atoms with van der Waals surface area (Å²) in [4.78, 5) is 28.0. The van der Waals surface area contributed by atoms with Crippen molar-refractivity contribution in [1.29, 1.82) is 0 Å². The molecule has 0 aliphatic carbocycles. The van der Waals surface area contributed by atoms with Gasteiger partial charge in [-0.15, -0.1) is 0 Å². The van der Waals surface area contributed by atoms with E-state index >= 15 is 0 Å². The van der Waals surface area contributed by atoms with Gasteiger partial charge in [0.25, 0.3) is 11.8 Å². The maximum absolute atomic E-state index is 12.6. The van der Waals surface area contributed by atoms with Crippen LogP contribution in [0.1, 0.15) is 32.0 Å². The van der Waals surface area contributed by atoms with E-state index in [1.807, 2.05) is 0 Å². The number of aromatic nitrogens is 3. The molecule has 144 valence electrons. The van der Waals surface area contributed by atoms with Crippen LogP contribution in [-0.4, -0.2) is 26.6 Å². The second-order valence-corrected chi connectivity index (χ2v) is 5.73. The predicted molar refractivity (Wildman–Crippen MR) is 92.5 cm³/mol. The quantitative estimate of drug-likeness (QED) is 0.674. The van der Waals surface area contributed by atoms with Gasteiger partial charge in [-0.25, -0.2) is 9.67 Å². The van der Waals surface area contributed by atoms with Gasteiger partial charge in [0.15, 0.2) is 5.82 Å². The lowest BCUT2D eigenvalue weighted by molar-refractivity contribution is -0.137. The van der Waals surface area contributed by atoms with Crippen LogP contribution in [0.2, 0.25) is 0 Å². The molecule has 28 heavy (non-hydrogen) atoms. The number of hydrogen-bond donors (Lipinski definition) is 2. The fourth-order valence-electron chi connectivity index (χ4n) is 2.39. The van der Waals surface area contributed by atoms with Gasteiger partial charge in [-0.05, 0) is 31.2 Å². The summed E-state index contributed by atoms with van der Waals surface area (Å²) in [6.45, 7) is 1.56. The lowest BCUT2D eigenvalue weighted by Crippen LogP contribution is -2.41. The molecule has 0 saturated carbocycles. The molecule has 3 rings (SSSR count). The van der Waals surface area contributed by atoms with Crippen LogP contribution >= 0.6 is 0 Å². The molecule has 0 spiro atoms. The lowest BCUT2D eigenvalue weighted by atomic mass is 10.2. The Hall–Kier alpha value is -3.69. The average molecular weight is 389 g/mol. The Morgan fingerprint density at radius 2 is 1.64 bits per heavy atom. The highest BCUT2D eigenvalue weighted by Crippen LogP contribution is 2.28. The van der Waals surface area contributed by atoms with Gasteiger partial charge in [-0.3, -0.25) is 20.4 Å². The Kier molecular flexibility index (Phi) is 5.12. The van der Waals surface area contributed by atoms with E-state index in [4.69, 9.17) is 0 Å². The summed E-state index contributed by atoms with van der Waals surface area (Å²) in [5.74, 6) is -0.999. The van der Waals surface area contributed by atoms with Gasteiger partial charge in [0.1, 0.15) is 0 Å². The van der Waals surface area contributed by atoms with Gasteiger partial charge in [0, 0.05) is 11.8 Å².